The van der Waals surface area contributed by atoms with Gasteiger partial charge in [0, 0.05) is 42.0 Å². The molecule has 4 heterocycles. The van der Waals surface area contributed by atoms with Gasteiger partial charge in [0.1, 0.15) is 17.6 Å². The maximum Gasteiger partial charge on any atom is 0.163 e. The summed E-state index contributed by atoms with van der Waals surface area (Å²) in [5.41, 5.74) is 8.69. The summed E-state index contributed by atoms with van der Waals surface area (Å²) in [6.45, 7) is 4.01. The number of rotatable bonds is 5. The average Bonchev–Trinajstić information content (AvgIpc) is 3.17. The number of aliphatic hydroxyl groups is 1. The molecule has 3 aromatic rings. The lowest BCUT2D eigenvalue weighted by atomic mass is 9.89. The van der Waals surface area contributed by atoms with Gasteiger partial charge in [0.15, 0.2) is 5.69 Å². The fourth-order valence-corrected chi connectivity index (χ4v) is 3.67. The highest BCUT2D eigenvalue weighted by Gasteiger charge is 2.30. The molecular weight excluding hydrogens is 368 g/mol. The fraction of sp³-hybridized carbons (Fsp3) is 0.381. The van der Waals surface area contributed by atoms with Crippen molar-refractivity contribution in [2.75, 3.05) is 31.2 Å². The van der Waals surface area contributed by atoms with Crippen molar-refractivity contribution in [3.63, 3.8) is 0 Å². The maximum atomic E-state index is 9.44. The molecule has 4 rings (SSSR count). The lowest BCUT2D eigenvalue weighted by molar-refractivity contribution is 0.170. The van der Waals surface area contributed by atoms with E-state index >= 15 is 0 Å². The molecule has 1 aliphatic rings. The van der Waals surface area contributed by atoms with Gasteiger partial charge in [0.05, 0.1) is 24.9 Å². The molecule has 8 nitrogen and oxygen atoms in total. The van der Waals surface area contributed by atoms with E-state index in [9.17, 15) is 10.4 Å². The Morgan fingerprint density at radius 3 is 2.72 bits per heavy atom. The monoisotopic (exact) mass is 392 g/mol. The van der Waals surface area contributed by atoms with Crippen molar-refractivity contribution >= 4 is 11.3 Å². The molecule has 0 radical (unpaired) electrons. The number of hydrogen-bond donors (Lipinski definition) is 2. The maximum absolute atomic E-state index is 9.44. The summed E-state index contributed by atoms with van der Waals surface area (Å²) in [7, 11) is 0. The van der Waals surface area contributed by atoms with E-state index in [-0.39, 0.29) is 6.61 Å². The van der Waals surface area contributed by atoms with Crippen LogP contribution in [0.3, 0.4) is 0 Å². The lowest BCUT2D eigenvalue weighted by Crippen LogP contribution is -2.53. The molecular formula is C21H24N6O2. The zero-order chi connectivity index (χ0) is 20.4. The number of nitrogens with two attached hydrogens (primary N) is 1. The summed E-state index contributed by atoms with van der Waals surface area (Å²) in [4.78, 5) is 6.83. The molecule has 0 unspecified atom stereocenters. The summed E-state index contributed by atoms with van der Waals surface area (Å²) in [5, 5.41) is 22.9. The minimum absolute atomic E-state index is 0.00934. The quantitative estimate of drug-likeness (QED) is 0.682. The van der Waals surface area contributed by atoms with Crippen LogP contribution in [0.4, 0.5) is 5.82 Å². The van der Waals surface area contributed by atoms with Crippen LogP contribution in [0.25, 0.3) is 16.6 Å². The zero-order valence-corrected chi connectivity index (χ0v) is 16.4. The molecule has 1 fully saturated rings. The molecule has 150 valence electrons. The molecule has 3 N–H and O–H groups in total. The number of nitrogens with zero attached hydrogens (tertiary/aromatic N) is 5. The van der Waals surface area contributed by atoms with Crippen molar-refractivity contribution in [3.05, 3.63) is 42.4 Å². The number of ether oxygens (including phenoxy) is 1. The zero-order valence-electron chi connectivity index (χ0n) is 16.4. The minimum Gasteiger partial charge on any atom is -0.492 e. The molecule has 0 spiro atoms. The van der Waals surface area contributed by atoms with Crippen LogP contribution in [0.5, 0.6) is 5.75 Å². The van der Waals surface area contributed by atoms with Gasteiger partial charge in [-0.25, -0.2) is 9.50 Å². The Morgan fingerprint density at radius 2 is 2.10 bits per heavy atom. The summed E-state index contributed by atoms with van der Waals surface area (Å²) >= 11 is 0. The average molecular weight is 392 g/mol. The van der Waals surface area contributed by atoms with Gasteiger partial charge >= 0.3 is 0 Å². The second-order valence-corrected chi connectivity index (χ2v) is 7.41. The van der Waals surface area contributed by atoms with Gasteiger partial charge in [-0.3, -0.25) is 0 Å². The predicted molar refractivity (Wildman–Crippen MR) is 110 cm³/mol. The first kappa shape index (κ1) is 19.2. The van der Waals surface area contributed by atoms with E-state index in [4.69, 9.17) is 10.5 Å². The molecule has 1 saturated heterocycles. The molecule has 0 saturated carbocycles. The highest BCUT2D eigenvalue weighted by atomic mass is 16.5. The second-order valence-electron chi connectivity index (χ2n) is 7.41. The molecule has 0 aliphatic carbocycles. The van der Waals surface area contributed by atoms with Gasteiger partial charge in [-0.15, -0.1) is 0 Å². The molecule has 3 aromatic heterocycles. The highest BCUT2D eigenvalue weighted by Crippen LogP contribution is 2.31. The Labute approximate surface area is 169 Å². The van der Waals surface area contributed by atoms with Crippen molar-refractivity contribution in [3.8, 4) is 22.9 Å². The summed E-state index contributed by atoms with van der Waals surface area (Å²) in [6, 6.07) is 9.80. The number of fused-ring (bicyclic) bond motifs is 1. The van der Waals surface area contributed by atoms with E-state index in [2.05, 4.69) is 21.1 Å². The van der Waals surface area contributed by atoms with E-state index < -0.39 is 5.54 Å². The third-order valence-corrected chi connectivity index (χ3v) is 5.43. The standard InChI is InChI=1S/C21H24N6O2/c1-2-29-17-10-18(19-9-16(11-22)25-27(19)13-17)15-3-4-20(24-12-15)26-7-5-21(23,14-28)6-8-26/h3-4,9-10,12-13,28H,2,5-8,14,23H2,1H3. The molecule has 8 heteroatoms. The first-order chi connectivity index (χ1) is 14.0. The molecule has 0 bridgehead atoms. The van der Waals surface area contributed by atoms with Crippen LogP contribution in [0.1, 0.15) is 25.5 Å². The number of hydrogen-bond acceptors (Lipinski definition) is 7. The first-order valence-corrected chi connectivity index (χ1v) is 9.73. The first-order valence-electron chi connectivity index (χ1n) is 9.73. The summed E-state index contributed by atoms with van der Waals surface area (Å²) < 4.78 is 7.34. The Morgan fingerprint density at radius 1 is 1.31 bits per heavy atom. The Hall–Kier alpha value is -3.15. The molecule has 29 heavy (non-hydrogen) atoms. The number of piperidine rings is 1. The topological polar surface area (TPSA) is 113 Å². The fourth-order valence-electron chi connectivity index (χ4n) is 3.67. The van der Waals surface area contributed by atoms with Crippen molar-refractivity contribution in [1.29, 1.82) is 5.26 Å². The highest BCUT2D eigenvalue weighted by molar-refractivity contribution is 5.81. The van der Waals surface area contributed by atoms with Crippen molar-refractivity contribution in [1.82, 2.24) is 14.6 Å². The number of pyridine rings is 2. The van der Waals surface area contributed by atoms with E-state index in [0.29, 0.717) is 18.1 Å². The van der Waals surface area contributed by atoms with E-state index in [0.717, 1.165) is 48.4 Å². The van der Waals surface area contributed by atoms with E-state index in [1.807, 2.05) is 31.3 Å². The van der Waals surface area contributed by atoms with Gasteiger partial charge in [0.25, 0.3) is 0 Å². The van der Waals surface area contributed by atoms with Gasteiger partial charge in [-0.05, 0) is 38.0 Å². The number of aromatic nitrogens is 3. The van der Waals surface area contributed by atoms with Crippen molar-refractivity contribution in [2.24, 2.45) is 5.73 Å². The Balaban J connectivity index is 1.64. The van der Waals surface area contributed by atoms with Crippen molar-refractivity contribution in [2.45, 2.75) is 25.3 Å². The Bertz CT molecular complexity index is 1050. The van der Waals surface area contributed by atoms with Crippen LogP contribution in [0, 0.1) is 11.3 Å². The molecule has 1 aliphatic heterocycles. The minimum atomic E-state index is -0.484. The van der Waals surface area contributed by atoms with Crippen LogP contribution >= 0.6 is 0 Å². The van der Waals surface area contributed by atoms with E-state index in [1.54, 1.807) is 16.8 Å². The van der Waals surface area contributed by atoms with Gasteiger partial charge in [-0.2, -0.15) is 10.4 Å². The summed E-state index contributed by atoms with van der Waals surface area (Å²) in [5.74, 6) is 1.57. The predicted octanol–water partition coefficient (Wildman–Crippen LogP) is 1.96. The van der Waals surface area contributed by atoms with E-state index in [1.165, 1.54) is 0 Å². The van der Waals surface area contributed by atoms with Crippen molar-refractivity contribution < 1.29 is 9.84 Å². The third-order valence-electron chi connectivity index (χ3n) is 5.43. The smallest absolute Gasteiger partial charge is 0.163 e. The SMILES string of the molecule is CCOc1cc(-c2ccc(N3CCC(N)(CO)CC3)nc2)c2cc(C#N)nn2c1. The molecule has 0 aromatic carbocycles. The third kappa shape index (κ3) is 3.75. The van der Waals surface area contributed by atoms with Crippen LogP contribution in [0.2, 0.25) is 0 Å². The number of anilines is 1. The number of nitriles is 1. The summed E-state index contributed by atoms with van der Waals surface area (Å²) in [6.07, 6.45) is 5.07. The molecule has 0 amide bonds. The van der Waals surface area contributed by atoms with Crippen LogP contribution in [-0.2, 0) is 0 Å². The van der Waals surface area contributed by atoms with Gasteiger partial charge in [-0.1, -0.05) is 0 Å². The normalized spacial score (nSPS) is 16.0. The second kappa shape index (κ2) is 7.70. The lowest BCUT2D eigenvalue weighted by Gasteiger charge is -2.38. The van der Waals surface area contributed by atoms with Crippen LogP contribution < -0.4 is 15.4 Å². The van der Waals surface area contributed by atoms with Gasteiger partial charge < -0.3 is 20.5 Å². The Kier molecular flexibility index (Phi) is 5.09. The van der Waals surface area contributed by atoms with Gasteiger partial charge in [0.2, 0.25) is 0 Å². The van der Waals surface area contributed by atoms with Crippen LogP contribution in [0.15, 0.2) is 36.7 Å². The van der Waals surface area contributed by atoms with Crippen LogP contribution in [-0.4, -0.2) is 51.5 Å². The largest absolute Gasteiger partial charge is 0.492 e. The molecule has 0 atom stereocenters. The number of aliphatic hydroxyl groups excluding tert-OH is 1.